The van der Waals surface area contributed by atoms with Gasteiger partial charge in [-0.05, 0) is 92.7 Å². The molecule has 258 valence electrons. The number of rotatable bonds is 6. The van der Waals surface area contributed by atoms with Gasteiger partial charge in [-0.1, -0.05) is 152 Å². The molecule has 0 fully saturated rings. The maximum absolute atomic E-state index is 6.69. The lowest BCUT2D eigenvalue weighted by atomic mass is 9.93. The van der Waals surface area contributed by atoms with Gasteiger partial charge >= 0.3 is 0 Å². The predicted molar refractivity (Wildman–Crippen MR) is 235 cm³/mol. The summed E-state index contributed by atoms with van der Waals surface area (Å²) in [5.41, 5.74) is 12.0. The molecule has 0 aliphatic carbocycles. The van der Waals surface area contributed by atoms with E-state index >= 15 is 0 Å². The van der Waals surface area contributed by atoms with Gasteiger partial charge < -0.3 is 9.32 Å². The second-order valence-electron chi connectivity index (χ2n) is 14.1. The van der Waals surface area contributed by atoms with Gasteiger partial charge in [0.2, 0.25) is 0 Å². The van der Waals surface area contributed by atoms with Crippen molar-refractivity contribution < 1.29 is 4.42 Å². The monoisotopic (exact) mass is 719 g/mol. The fraction of sp³-hybridized carbons (Fsp3) is 0. The normalized spacial score (nSPS) is 11.6. The Morgan fingerprint density at radius 2 is 1.02 bits per heavy atom. The molecule has 0 radical (unpaired) electrons. The van der Waals surface area contributed by atoms with E-state index in [0.29, 0.717) is 0 Å². The van der Waals surface area contributed by atoms with E-state index in [1.54, 1.807) is 0 Å². The van der Waals surface area contributed by atoms with Crippen molar-refractivity contribution in [3.05, 3.63) is 200 Å². The summed E-state index contributed by atoms with van der Waals surface area (Å²) in [5.74, 6) is 0. The zero-order chi connectivity index (χ0) is 36.3. The van der Waals surface area contributed by atoms with E-state index in [4.69, 9.17) is 4.42 Å². The van der Waals surface area contributed by atoms with E-state index in [-0.39, 0.29) is 0 Å². The Morgan fingerprint density at radius 3 is 1.91 bits per heavy atom. The fourth-order valence-electron chi connectivity index (χ4n) is 8.28. The zero-order valence-corrected chi connectivity index (χ0v) is 30.6. The molecule has 0 saturated heterocycles. The Kier molecular flexibility index (Phi) is 7.39. The summed E-state index contributed by atoms with van der Waals surface area (Å²) in [7, 11) is 0. The fourth-order valence-corrected chi connectivity index (χ4v) is 9.42. The number of fused-ring (bicyclic) bond motifs is 7. The van der Waals surface area contributed by atoms with Crippen molar-refractivity contribution in [3.63, 3.8) is 0 Å². The lowest BCUT2D eigenvalue weighted by Gasteiger charge is -2.27. The molecular weight excluding hydrogens is 687 g/mol. The first-order valence-corrected chi connectivity index (χ1v) is 19.5. The molecule has 11 rings (SSSR count). The van der Waals surface area contributed by atoms with Crippen LogP contribution in [0.25, 0.3) is 86.3 Å². The van der Waals surface area contributed by atoms with Crippen molar-refractivity contribution in [2.45, 2.75) is 0 Å². The molecule has 2 nitrogen and oxygen atoms in total. The first-order valence-electron chi connectivity index (χ1n) is 18.7. The van der Waals surface area contributed by atoms with E-state index in [1.165, 1.54) is 64.3 Å². The van der Waals surface area contributed by atoms with Crippen LogP contribution in [0.3, 0.4) is 0 Å². The number of hydrogen-bond acceptors (Lipinski definition) is 3. The maximum atomic E-state index is 6.69. The van der Waals surface area contributed by atoms with Crippen molar-refractivity contribution >= 4 is 81.3 Å². The molecule has 3 heteroatoms. The average Bonchev–Trinajstić information content (AvgIpc) is 3.83. The van der Waals surface area contributed by atoms with Crippen LogP contribution in [-0.4, -0.2) is 0 Å². The number of hydrogen-bond donors (Lipinski definition) is 0. The molecule has 0 atom stereocenters. The minimum absolute atomic E-state index is 0.863. The van der Waals surface area contributed by atoms with Crippen LogP contribution in [0.5, 0.6) is 0 Å². The smallest absolute Gasteiger partial charge is 0.159 e. The lowest BCUT2D eigenvalue weighted by molar-refractivity contribution is 0.669. The van der Waals surface area contributed by atoms with Gasteiger partial charge in [-0.25, -0.2) is 0 Å². The summed E-state index contributed by atoms with van der Waals surface area (Å²) in [4.78, 5) is 2.35. The van der Waals surface area contributed by atoms with E-state index in [9.17, 15) is 0 Å². The number of para-hydroxylation sites is 2. The minimum atomic E-state index is 0.863. The highest BCUT2D eigenvalue weighted by Crippen LogP contribution is 2.46. The van der Waals surface area contributed by atoms with Crippen molar-refractivity contribution in [1.29, 1.82) is 0 Å². The Bertz CT molecular complexity index is 3200. The van der Waals surface area contributed by atoms with E-state index in [2.05, 4.69) is 199 Å². The minimum Gasteiger partial charge on any atom is -0.454 e. The first kappa shape index (κ1) is 31.6. The van der Waals surface area contributed by atoms with Gasteiger partial charge in [-0.15, -0.1) is 11.3 Å². The van der Waals surface area contributed by atoms with Crippen LogP contribution in [0, 0.1) is 0 Å². The largest absolute Gasteiger partial charge is 0.454 e. The van der Waals surface area contributed by atoms with Crippen LogP contribution in [0.4, 0.5) is 17.1 Å². The van der Waals surface area contributed by atoms with Crippen molar-refractivity contribution in [3.8, 4) is 33.4 Å². The third kappa shape index (κ3) is 5.32. The molecule has 0 N–H and O–H groups in total. The molecule has 0 bridgehead atoms. The van der Waals surface area contributed by atoms with Gasteiger partial charge in [0.15, 0.2) is 5.58 Å². The molecule has 9 aromatic carbocycles. The van der Waals surface area contributed by atoms with Crippen molar-refractivity contribution in [2.24, 2.45) is 0 Å². The average molecular weight is 720 g/mol. The van der Waals surface area contributed by atoms with Crippen LogP contribution in [0.15, 0.2) is 205 Å². The number of thiophene rings is 1. The molecule has 0 unspecified atom stereocenters. The SMILES string of the molecule is c1ccc(-c2ccc(N(c3ccc(-c4cccc5ccccc45)cc3)c3cccc4c3oc3ccccc34)cc2-c2ccc3c(c2)sc2ccccc23)cc1. The summed E-state index contributed by atoms with van der Waals surface area (Å²) >= 11 is 1.86. The molecule has 0 spiro atoms. The molecule has 2 aromatic heterocycles. The molecule has 2 heterocycles. The van der Waals surface area contributed by atoms with Gasteiger partial charge in [0.05, 0.1) is 5.69 Å². The quantitative estimate of drug-likeness (QED) is 0.170. The van der Waals surface area contributed by atoms with Crippen molar-refractivity contribution in [2.75, 3.05) is 4.90 Å². The summed E-state index contributed by atoms with van der Waals surface area (Å²) in [6, 6.07) is 72.2. The zero-order valence-electron chi connectivity index (χ0n) is 29.8. The highest BCUT2D eigenvalue weighted by Gasteiger charge is 2.21. The lowest BCUT2D eigenvalue weighted by Crippen LogP contribution is -2.10. The van der Waals surface area contributed by atoms with Crippen LogP contribution in [-0.2, 0) is 0 Å². The molecule has 0 aliphatic rings. The van der Waals surface area contributed by atoms with Gasteiger partial charge in [-0.2, -0.15) is 0 Å². The van der Waals surface area contributed by atoms with Gasteiger partial charge in [0.25, 0.3) is 0 Å². The third-order valence-electron chi connectivity index (χ3n) is 10.9. The second-order valence-corrected chi connectivity index (χ2v) is 15.1. The summed E-state index contributed by atoms with van der Waals surface area (Å²) in [5, 5.41) is 7.30. The van der Waals surface area contributed by atoms with E-state index in [1.807, 2.05) is 17.4 Å². The number of anilines is 3. The number of benzene rings is 9. The Balaban J connectivity index is 1.13. The molecule has 0 amide bonds. The molecule has 0 aliphatic heterocycles. The topological polar surface area (TPSA) is 16.4 Å². The number of furan rings is 1. The third-order valence-corrected chi connectivity index (χ3v) is 12.0. The summed E-state index contributed by atoms with van der Waals surface area (Å²) < 4.78 is 9.29. The van der Waals surface area contributed by atoms with Gasteiger partial charge in [-0.3, -0.25) is 0 Å². The molecule has 11 aromatic rings. The highest BCUT2D eigenvalue weighted by atomic mass is 32.1. The summed E-state index contributed by atoms with van der Waals surface area (Å²) in [6.45, 7) is 0. The van der Waals surface area contributed by atoms with Gasteiger partial charge in [0.1, 0.15) is 5.58 Å². The standard InChI is InChI=1S/C52H33NOS/c1-2-12-34(13-3-1)42-31-29-39(33-47(42)37-26-30-45-44-18-7-9-23-50(44)55-51(45)32-37)53(48-21-11-20-46-43-17-6-8-22-49(43)54-52(46)48)38-27-24-36(25-28-38)41-19-10-15-35-14-4-5-16-40(35)41/h1-33H. The van der Waals surface area contributed by atoms with Crippen molar-refractivity contribution in [1.82, 2.24) is 0 Å². The second kappa shape index (κ2) is 12.9. The Morgan fingerprint density at radius 1 is 0.364 bits per heavy atom. The first-order chi connectivity index (χ1) is 27.3. The Labute approximate surface area is 322 Å². The van der Waals surface area contributed by atoms with Crippen LogP contribution in [0.2, 0.25) is 0 Å². The predicted octanol–water partition coefficient (Wildman–Crippen LogP) is 15.6. The van der Waals surface area contributed by atoms with Crippen LogP contribution < -0.4 is 4.90 Å². The number of nitrogens with zero attached hydrogens (tertiary/aromatic N) is 1. The summed E-state index contributed by atoms with van der Waals surface area (Å²) in [6.07, 6.45) is 0. The maximum Gasteiger partial charge on any atom is 0.159 e. The van der Waals surface area contributed by atoms with Crippen LogP contribution in [0.1, 0.15) is 0 Å². The highest BCUT2D eigenvalue weighted by molar-refractivity contribution is 7.25. The van der Waals surface area contributed by atoms with Gasteiger partial charge in [0, 0.05) is 42.3 Å². The van der Waals surface area contributed by atoms with E-state index in [0.717, 1.165) is 39.0 Å². The van der Waals surface area contributed by atoms with E-state index < -0.39 is 0 Å². The Hall–Kier alpha value is -6.94. The van der Waals surface area contributed by atoms with Crippen LogP contribution >= 0.6 is 11.3 Å². The molecule has 0 saturated carbocycles. The molecular formula is C52H33NOS. The molecule has 55 heavy (non-hydrogen) atoms.